The van der Waals surface area contributed by atoms with Crippen LogP contribution in [0.25, 0.3) is 0 Å². The summed E-state index contributed by atoms with van der Waals surface area (Å²) >= 11 is 0. The lowest BCUT2D eigenvalue weighted by molar-refractivity contribution is 0.0176. The molecule has 134 valence electrons. The Kier molecular flexibility index (Phi) is 5.85. The number of hydrogen-bond donors (Lipinski definition) is 0. The number of likely N-dealkylation sites (tertiary alicyclic amines) is 1. The fourth-order valence-electron chi connectivity index (χ4n) is 2.85. The SMILES string of the molecule is CC(C)(C)OC(=O)N1CCCC(CS(=O)(=O)Cc2cccnc2)C1. The Hall–Kier alpha value is -1.63. The first-order chi connectivity index (χ1) is 11.1. The summed E-state index contributed by atoms with van der Waals surface area (Å²) in [5.41, 5.74) is 0.147. The summed E-state index contributed by atoms with van der Waals surface area (Å²) < 4.78 is 30.2. The monoisotopic (exact) mass is 354 g/mol. The highest BCUT2D eigenvalue weighted by atomic mass is 32.2. The molecule has 0 aromatic carbocycles. The molecule has 1 aliphatic heterocycles. The van der Waals surface area contributed by atoms with Crippen LogP contribution in [0.15, 0.2) is 24.5 Å². The predicted octanol–water partition coefficient (Wildman–Crippen LogP) is 2.64. The number of pyridine rings is 1. The highest BCUT2D eigenvalue weighted by molar-refractivity contribution is 7.90. The van der Waals surface area contributed by atoms with Gasteiger partial charge < -0.3 is 9.64 Å². The maximum absolute atomic E-state index is 12.4. The molecule has 6 nitrogen and oxygen atoms in total. The van der Waals surface area contributed by atoms with Gasteiger partial charge in [-0.3, -0.25) is 4.98 Å². The zero-order valence-corrected chi connectivity index (χ0v) is 15.4. The molecule has 1 saturated heterocycles. The van der Waals surface area contributed by atoms with Gasteiger partial charge in [-0.1, -0.05) is 6.07 Å². The van der Waals surface area contributed by atoms with Crippen molar-refractivity contribution in [2.24, 2.45) is 5.92 Å². The van der Waals surface area contributed by atoms with Crippen LogP contribution in [0.5, 0.6) is 0 Å². The summed E-state index contributed by atoms with van der Waals surface area (Å²) in [5.74, 6) is 0.0262. The number of piperidine rings is 1. The molecule has 7 heteroatoms. The molecule has 2 heterocycles. The number of amides is 1. The molecule has 2 rings (SSSR count). The minimum absolute atomic E-state index is 0.0101. The number of ether oxygens (including phenoxy) is 1. The van der Waals surface area contributed by atoms with E-state index in [-0.39, 0.29) is 23.5 Å². The van der Waals surface area contributed by atoms with E-state index in [2.05, 4.69) is 4.98 Å². The van der Waals surface area contributed by atoms with Gasteiger partial charge in [-0.2, -0.15) is 0 Å². The van der Waals surface area contributed by atoms with E-state index in [9.17, 15) is 13.2 Å². The van der Waals surface area contributed by atoms with Crippen molar-refractivity contribution in [2.75, 3.05) is 18.8 Å². The van der Waals surface area contributed by atoms with Crippen LogP contribution < -0.4 is 0 Å². The van der Waals surface area contributed by atoms with Crippen LogP contribution in [-0.4, -0.2) is 48.8 Å². The third kappa shape index (κ3) is 6.11. The van der Waals surface area contributed by atoms with Gasteiger partial charge in [0.05, 0.1) is 11.5 Å². The van der Waals surface area contributed by atoms with Crippen molar-refractivity contribution in [1.29, 1.82) is 0 Å². The Bertz CT molecular complexity index is 653. The van der Waals surface area contributed by atoms with Crippen LogP contribution in [0.2, 0.25) is 0 Å². The van der Waals surface area contributed by atoms with E-state index in [1.54, 1.807) is 29.4 Å². The largest absolute Gasteiger partial charge is 0.444 e. The molecular formula is C17H26N2O4S. The van der Waals surface area contributed by atoms with Gasteiger partial charge in [-0.25, -0.2) is 13.2 Å². The summed E-state index contributed by atoms with van der Waals surface area (Å²) in [5, 5.41) is 0. The Morgan fingerprint density at radius 1 is 1.42 bits per heavy atom. The van der Waals surface area contributed by atoms with Crippen LogP contribution in [0.4, 0.5) is 4.79 Å². The first kappa shape index (κ1) is 18.7. The van der Waals surface area contributed by atoms with Gasteiger partial charge in [0.25, 0.3) is 0 Å². The van der Waals surface area contributed by atoms with E-state index in [1.807, 2.05) is 20.8 Å². The molecule has 1 aromatic rings. The molecular weight excluding hydrogens is 328 g/mol. The molecule has 0 aliphatic carbocycles. The second-order valence-corrected chi connectivity index (χ2v) is 9.46. The molecule has 0 saturated carbocycles. The molecule has 0 radical (unpaired) electrons. The van der Waals surface area contributed by atoms with Gasteiger partial charge in [0, 0.05) is 25.5 Å². The van der Waals surface area contributed by atoms with Gasteiger partial charge in [-0.15, -0.1) is 0 Å². The minimum atomic E-state index is -3.24. The lowest BCUT2D eigenvalue weighted by Gasteiger charge is -2.34. The van der Waals surface area contributed by atoms with Crippen molar-refractivity contribution in [2.45, 2.75) is 45.0 Å². The zero-order valence-electron chi connectivity index (χ0n) is 14.6. The van der Waals surface area contributed by atoms with Crippen molar-refractivity contribution < 1.29 is 17.9 Å². The van der Waals surface area contributed by atoms with E-state index < -0.39 is 15.4 Å². The van der Waals surface area contributed by atoms with Gasteiger partial charge >= 0.3 is 6.09 Å². The normalized spacial score (nSPS) is 19.1. The maximum atomic E-state index is 12.4. The number of carbonyl (C=O) groups excluding carboxylic acids is 1. The third-order valence-corrected chi connectivity index (χ3v) is 5.52. The summed E-state index contributed by atoms with van der Waals surface area (Å²) in [6, 6.07) is 3.49. The molecule has 1 aliphatic rings. The Morgan fingerprint density at radius 3 is 2.79 bits per heavy atom. The van der Waals surface area contributed by atoms with Crippen LogP contribution in [0.1, 0.15) is 39.2 Å². The highest BCUT2D eigenvalue weighted by Crippen LogP contribution is 2.22. The molecule has 1 unspecified atom stereocenters. The summed E-state index contributed by atoms with van der Waals surface area (Å²) in [4.78, 5) is 17.7. The third-order valence-electron chi connectivity index (χ3n) is 3.77. The van der Waals surface area contributed by atoms with Crippen LogP contribution in [-0.2, 0) is 20.3 Å². The first-order valence-corrected chi connectivity index (χ1v) is 10.0. The van der Waals surface area contributed by atoms with E-state index in [4.69, 9.17) is 4.74 Å². The second kappa shape index (κ2) is 7.51. The van der Waals surface area contributed by atoms with Gasteiger partial charge in [0.1, 0.15) is 5.60 Å². The molecule has 1 amide bonds. The predicted molar refractivity (Wildman–Crippen MR) is 92.3 cm³/mol. The average molecular weight is 354 g/mol. The van der Waals surface area contributed by atoms with E-state index >= 15 is 0 Å². The smallest absolute Gasteiger partial charge is 0.410 e. The highest BCUT2D eigenvalue weighted by Gasteiger charge is 2.30. The fraction of sp³-hybridized carbons (Fsp3) is 0.647. The van der Waals surface area contributed by atoms with Gasteiger partial charge in [0.2, 0.25) is 0 Å². The second-order valence-electron chi connectivity index (χ2n) is 7.35. The van der Waals surface area contributed by atoms with Crippen molar-refractivity contribution in [3.63, 3.8) is 0 Å². The molecule has 1 atom stereocenters. The number of nitrogens with zero attached hydrogens (tertiary/aromatic N) is 2. The molecule has 24 heavy (non-hydrogen) atoms. The lowest BCUT2D eigenvalue weighted by Crippen LogP contribution is -2.44. The number of sulfone groups is 1. The molecule has 0 N–H and O–H groups in total. The van der Waals surface area contributed by atoms with E-state index in [0.717, 1.165) is 12.8 Å². The van der Waals surface area contributed by atoms with Gasteiger partial charge in [0.15, 0.2) is 9.84 Å². The average Bonchev–Trinajstić information content (AvgIpc) is 2.45. The van der Waals surface area contributed by atoms with E-state index in [0.29, 0.717) is 18.7 Å². The van der Waals surface area contributed by atoms with Crippen LogP contribution in [0, 0.1) is 5.92 Å². The fourth-order valence-corrected chi connectivity index (χ4v) is 4.64. The lowest BCUT2D eigenvalue weighted by atomic mass is 10.0. The Morgan fingerprint density at radius 2 is 2.17 bits per heavy atom. The molecule has 1 fully saturated rings. The Labute approximate surface area is 144 Å². The van der Waals surface area contributed by atoms with Gasteiger partial charge in [-0.05, 0) is 51.2 Å². The van der Waals surface area contributed by atoms with Crippen molar-refractivity contribution in [1.82, 2.24) is 9.88 Å². The van der Waals surface area contributed by atoms with Crippen molar-refractivity contribution in [3.8, 4) is 0 Å². The zero-order chi connectivity index (χ0) is 17.8. The number of rotatable bonds is 4. The molecule has 0 spiro atoms. The number of aromatic nitrogens is 1. The first-order valence-electron chi connectivity index (χ1n) is 8.22. The van der Waals surface area contributed by atoms with Crippen LogP contribution >= 0.6 is 0 Å². The standard InChI is InChI=1S/C17H26N2O4S/c1-17(2,3)23-16(20)19-9-5-7-15(11-19)13-24(21,22)12-14-6-4-8-18-10-14/h4,6,8,10,15H,5,7,9,11-13H2,1-3H3. The Balaban J connectivity index is 1.93. The molecule has 1 aromatic heterocycles. The maximum Gasteiger partial charge on any atom is 0.410 e. The quantitative estimate of drug-likeness (QED) is 0.831. The number of hydrogen-bond acceptors (Lipinski definition) is 5. The van der Waals surface area contributed by atoms with Crippen molar-refractivity contribution in [3.05, 3.63) is 30.1 Å². The minimum Gasteiger partial charge on any atom is -0.444 e. The molecule has 0 bridgehead atoms. The van der Waals surface area contributed by atoms with E-state index in [1.165, 1.54) is 0 Å². The summed E-state index contributed by atoms with van der Waals surface area (Å²) in [7, 11) is -3.24. The summed E-state index contributed by atoms with van der Waals surface area (Å²) in [6.45, 7) is 6.52. The number of carbonyl (C=O) groups is 1. The topological polar surface area (TPSA) is 76.6 Å². The van der Waals surface area contributed by atoms with Crippen LogP contribution in [0.3, 0.4) is 0 Å². The summed E-state index contributed by atoms with van der Waals surface area (Å²) in [6.07, 6.45) is 4.44. The van der Waals surface area contributed by atoms with Crippen molar-refractivity contribution >= 4 is 15.9 Å².